The van der Waals surface area contributed by atoms with E-state index < -0.39 is 23.3 Å². The van der Waals surface area contributed by atoms with Gasteiger partial charge in [0, 0.05) is 50.8 Å². The number of nitrogens with zero attached hydrogens (tertiary/aromatic N) is 1. The van der Waals surface area contributed by atoms with Crippen LogP contribution in [-0.2, 0) is 0 Å². The van der Waals surface area contributed by atoms with Crippen molar-refractivity contribution in [1.82, 2.24) is 4.57 Å². The van der Waals surface area contributed by atoms with Crippen LogP contribution in [0.1, 0.15) is 17.9 Å². The SMILES string of the molecule is Fc1ccc(-c2cc(-c3ccc(F)cc3F)cc(-c3c4ccccc4c(-c4ccc(-n5c6c(c7cc(-c8cccc9ccccc89)ccc75)=CC(c5cccc7ccccc57)CC=6)cc4)c4ccccc34)c2)c(F)c1. The number of aromatic nitrogens is 1. The molecule has 1 aliphatic carbocycles. The Morgan fingerprint density at radius 3 is 1.48 bits per heavy atom. The van der Waals surface area contributed by atoms with Gasteiger partial charge in [0.1, 0.15) is 23.3 Å². The van der Waals surface area contributed by atoms with Gasteiger partial charge in [-0.15, -0.1) is 0 Å². The molecule has 0 fully saturated rings. The summed E-state index contributed by atoms with van der Waals surface area (Å²) in [6.07, 6.45) is 5.77. The minimum absolute atomic E-state index is 0.162. The van der Waals surface area contributed by atoms with E-state index in [1.165, 1.54) is 78.5 Å². The van der Waals surface area contributed by atoms with Gasteiger partial charge in [-0.2, -0.15) is 0 Å². The van der Waals surface area contributed by atoms with E-state index in [-0.39, 0.29) is 17.0 Å². The van der Waals surface area contributed by atoms with Gasteiger partial charge in [0.05, 0.1) is 5.52 Å². The predicted molar refractivity (Wildman–Crippen MR) is 302 cm³/mol. The quantitative estimate of drug-likeness (QED) is 0.111. The molecule has 1 unspecified atom stereocenters. The highest BCUT2D eigenvalue weighted by molar-refractivity contribution is 6.21. The highest BCUT2D eigenvalue weighted by atomic mass is 19.1. The van der Waals surface area contributed by atoms with Crippen molar-refractivity contribution in [2.24, 2.45) is 0 Å². The number of hydrogen-bond acceptors (Lipinski definition) is 0. The van der Waals surface area contributed by atoms with Crippen LogP contribution in [0.2, 0.25) is 0 Å². The molecule has 0 bridgehead atoms. The molecule has 75 heavy (non-hydrogen) atoms. The van der Waals surface area contributed by atoms with Crippen LogP contribution in [0.4, 0.5) is 17.6 Å². The maximum Gasteiger partial charge on any atom is 0.133 e. The Hall–Kier alpha value is -9.32. The first-order chi connectivity index (χ1) is 36.8. The summed E-state index contributed by atoms with van der Waals surface area (Å²) in [7, 11) is 0. The third kappa shape index (κ3) is 7.45. The van der Waals surface area contributed by atoms with Crippen molar-refractivity contribution < 1.29 is 17.6 Å². The molecular weight excluding hydrogens is 931 g/mol. The Morgan fingerprint density at radius 1 is 0.360 bits per heavy atom. The Bertz CT molecular complexity index is 4490. The standard InChI is InChI=1S/C70H43F4N/c71-50-27-31-57(65(73)40-50)47-35-48(58-32-28-51(72)41-66(58)74)37-49(36-47)70-61-19-7-5-17-59(61)69(60-18-6-8-20-62(60)70)44-23-29-52(30-24-44)75-67-33-25-45(55-21-9-13-42-11-1-3-15-53(42)55)38-63(67)64-39-46(26-34-68(64)75)56-22-10-14-43-12-2-4-16-54(43)56/h1-25,27-41,46H,26H2. The molecule has 356 valence electrons. The van der Waals surface area contributed by atoms with Crippen molar-refractivity contribution in [2.75, 3.05) is 0 Å². The second-order valence-electron chi connectivity index (χ2n) is 19.6. The summed E-state index contributed by atoms with van der Waals surface area (Å²) in [5, 5.41) is 12.4. The van der Waals surface area contributed by atoms with Gasteiger partial charge >= 0.3 is 0 Å². The zero-order chi connectivity index (χ0) is 50.3. The molecule has 0 radical (unpaired) electrons. The molecule has 0 N–H and O–H groups in total. The third-order valence-corrected chi connectivity index (χ3v) is 15.4. The normalized spacial score (nSPS) is 13.4. The molecule has 13 aromatic rings. The van der Waals surface area contributed by atoms with Crippen LogP contribution in [0.5, 0.6) is 0 Å². The maximum atomic E-state index is 15.6. The van der Waals surface area contributed by atoms with Crippen LogP contribution < -0.4 is 10.6 Å². The molecule has 1 aromatic heterocycles. The molecule has 0 saturated carbocycles. The number of fused-ring (bicyclic) bond motifs is 7. The van der Waals surface area contributed by atoms with Crippen LogP contribution in [0.3, 0.4) is 0 Å². The summed E-state index contributed by atoms with van der Waals surface area (Å²) in [5.41, 5.74) is 10.7. The van der Waals surface area contributed by atoms with Gasteiger partial charge in [0.2, 0.25) is 0 Å². The Morgan fingerprint density at radius 2 is 0.867 bits per heavy atom. The topological polar surface area (TPSA) is 4.93 Å². The summed E-state index contributed by atoms with van der Waals surface area (Å²) in [6, 6.07) is 75.0. The highest BCUT2D eigenvalue weighted by Gasteiger charge is 2.22. The van der Waals surface area contributed by atoms with E-state index in [2.05, 4.69) is 168 Å². The van der Waals surface area contributed by atoms with Crippen molar-refractivity contribution in [3.8, 4) is 61.3 Å². The molecule has 12 aromatic carbocycles. The van der Waals surface area contributed by atoms with Crippen molar-refractivity contribution in [3.63, 3.8) is 0 Å². The van der Waals surface area contributed by atoms with Crippen molar-refractivity contribution in [2.45, 2.75) is 12.3 Å². The lowest BCUT2D eigenvalue weighted by atomic mass is 9.84. The number of halogens is 4. The van der Waals surface area contributed by atoms with Gasteiger partial charge in [-0.1, -0.05) is 164 Å². The lowest BCUT2D eigenvalue weighted by Gasteiger charge is -2.20. The van der Waals surface area contributed by atoms with Crippen molar-refractivity contribution >= 4 is 66.1 Å². The first-order valence-electron chi connectivity index (χ1n) is 25.3. The summed E-state index contributed by atoms with van der Waals surface area (Å²) >= 11 is 0. The molecule has 0 aliphatic heterocycles. The molecule has 1 aliphatic rings. The summed E-state index contributed by atoms with van der Waals surface area (Å²) in [5.74, 6) is -2.70. The molecule has 1 heterocycles. The van der Waals surface area contributed by atoms with E-state index in [0.29, 0.717) is 16.7 Å². The first kappa shape index (κ1) is 44.4. The van der Waals surface area contributed by atoms with Gasteiger partial charge in [-0.05, 0) is 166 Å². The zero-order valence-corrected chi connectivity index (χ0v) is 40.3. The van der Waals surface area contributed by atoms with Crippen LogP contribution >= 0.6 is 0 Å². The van der Waals surface area contributed by atoms with E-state index in [0.717, 1.165) is 68.0 Å². The number of hydrogen-bond donors (Lipinski definition) is 0. The largest absolute Gasteiger partial charge is 0.310 e. The van der Waals surface area contributed by atoms with Crippen LogP contribution in [0.15, 0.2) is 231 Å². The minimum Gasteiger partial charge on any atom is -0.310 e. The summed E-state index contributed by atoms with van der Waals surface area (Å²) < 4.78 is 62.3. The monoisotopic (exact) mass is 973 g/mol. The van der Waals surface area contributed by atoms with Gasteiger partial charge in [-0.25, -0.2) is 17.6 Å². The third-order valence-electron chi connectivity index (χ3n) is 15.4. The fourth-order valence-corrected chi connectivity index (χ4v) is 12.0. The average Bonchev–Trinajstić information content (AvgIpc) is 3.77. The van der Waals surface area contributed by atoms with Gasteiger partial charge in [-0.3, -0.25) is 0 Å². The molecule has 1 nitrogen and oxygen atoms in total. The molecule has 0 saturated heterocycles. The Balaban J connectivity index is 0.944. The lowest BCUT2D eigenvalue weighted by Crippen LogP contribution is -2.31. The molecule has 1 atom stereocenters. The van der Waals surface area contributed by atoms with Gasteiger partial charge < -0.3 is 4.57 Å². The fourth-order valence-electron chi connectivity index (χ4n) is 12.0. The molecule has 5 heteroatoms. The smallest absolute Gasteiger partial charge is 0.133 e. The number of benzene rings is 12. The molecule has 14 rings (SSSR count). The lowest BCUT2D eigenvalue weighted by molar-refractivity contribution is 0.585. The highest BCUT2D eigenvalue weighted by Crippen LogP contribution is 2.46. The van der Waals surface area contributed by atoms with Crippen LogP contribution in [-0.4, -0.2) is 4.57 Å². The van der Waals surface area contributed by atoms with E-state index >= 15 is 8.78 Å². The fraction of sp³-hybridized carbons (Fsp3) is 0.0286. The molecule has 0 amide bonds. The van der Waals surface area contributed by atoms with Crippen LogP contribution in [0.25, 0.3) is 127 Å². The first-order valence-corrected chi connectivity index (χ1v) is 25.3. The predicted octanol–water partition coefficient (Wildman–Crippen LogP) is 17.9. The number of rotatable bonds is 7. The van der Waals surface area contributed by atoms with Crippen molar-refractivity contribution in [1.29, 1.82) is 0 Å². The van der Waals surface area contributed by atoms with Gasteiger partial charge in [0.25, 0.3) is 0 Å². The van der Waals surface area contributed by atoms with E-state index in [1.807, 2.05) is 36.4 Å². The van der Waals surface area contributed by atoms with Gasteiger partial charge in [0.15, 0.2) is 0 Å². The Kier molecular flexibility index (Phi) is 10.5. The molecular formula is C70H43F4N. The van der Waals surface area contributed by atoms with E-state index in [9.17, 15) is 8.78 Å². The second-order valence-corrected chi connectivity index (χ2v) is 19.6. The average molecular weight is 974 g/mol. The van der Waals surface area contributed by atoms with Crippen molar-refractivity contribution in [3.05, 3.63) is 270 Å². The maximum absolute atomic E-state index is 15.6. The summed E-state index contributed by atoms with van der Waals surface area (Å²) in [6.45, 7) is 0. The zero-order valence-electron chi connectivity index (χ0n) is 40.3. The summed E-state index contributed by atoms with van der Waals surface area (Å²) in [4.78, 5) is 0. The minimum atomic E-state index is -0.744. The Labute approximate surface area is 429 Å². The van der Waals surface area contributed by atoms with E-state index in [4.69, 9.17) is 0 Å². The van der Waals surface area contributed by atoms with E-state index in [1.54, 1.807) is 6.07 Å². The van der Waals surface area contributed by atoms with Crippen LogP contribution in [0, 0.1) is 23.3 Å². The molecule has 0 spiro atoms. The second kappa shape index (κ2) is 17.7.